The van der Waals surface area contributed by atoms with Gasteiger partial charge in [0, 0.05) is 16.7 Å². The molecule has 1 spiro atoms. The molecule has 3 unspecified atom stereocenters. The van der Waals surface area contributed by atoms with Crippen molar-refractivity contribution in [2.45, 2.75) is 77.1 Å². The minimum absolute atomic E-state index is 0.0433. The molecule has 1 N–H and O–H groups in total. The molecule has 11 atom stereocenters. The number of hydrogen-bond acceptors (Lipinski definition) is 3. The Labute approximate surface area is 144 Å². The van der Waals surface area contributed by atoms with Crippen molar-refractivity contribution < 1.29 is 14.6 Å². The number of epoxide rings is 1. The summed E-state index contributed by atoms with van der Waals surface area (Å²) in [5.41, 5.74) is 0.0128. The molecule has 0 aromatic rings. The Hall–Kier alpha value is -0.410. The van der Waals surface area contributed by atoms with Gasteiger partial charge in [0.05, 0.1) is 6.10 Å². The number of aliphatic hydroxyl groups excluding tert-OH is 1. The number of carbonyl (C=O) groups excluding carboxylic acids is 1. The standard InChI is InChI=1S/C21H30O3/c1-10-4-7-20(3)13-5-6-19(2)15(11-8-12(11)17(19)23)14(13)16(22)18-21(20,9-10)24-18/h10-16,18,22H,4-9H2,1-3H3/t10-,11?,12-,13?,14+,15?,16+,18+,19-,20+,21+/m0/s1. The maximum absolute atomic E-state index is 12.9. The van der Waals surface area contributed by atoms with Gasteiger partial charge in [0.1, 0.15) is 17.5 Å². The number of rotatable bonds is 0. The Morgan fingerprint density at radius 1 is 1.21 bits per heavy atom. The number of ether oxygens (including phenoxy) is 1. The van der Waals surface area contributed by atoms with E-state index >= 15 is 0 Å². The highest BCUT2D eigenvalue weighted by Gasteiger charge is 2.81. The third-order valence-corrected chi connectivity index (χ3v) is 9.83. The average molecular weight is 330 g/mol. The number of fused-ring (bicyclic) bond motifs is 6. The number of ketones is 1. The molecule has 6 rings (SSSR count). The van der Waals surface area contributed by atoms with Crippen LogP contribution in [0.4, 0.5) is 0 Å². The van der Waals surface area contributed by atoms with E-state index in [9.17, 15) is 9.90 Å². The van der Waals surface area contributed by atoms with Crippen LogP contribution in [0.25, 0.3) is 0 Å². The second-order valence-electron chi connectivity index (χ2n) is 10.7. The Balaban J connectivity index is 1.45. The number of carbonyl (C=O) groups is 1. The van der Waals surface area contributed by atoms with Crippen LogP contribution in [0.5, 0.6) is 0 Å². The molecule has 0 aromatic carbocycles. The smallest absolute Gasteiger partial charge is 0.142 e. The minimum Gasteiger partial charge on any atom is -0.390 e. The highest BCUT2D eigenvalue weighted by atomic mass is 16.6. The van der Waals surface area contributed by atoms with Crippen molar-refractivity contribution in [2.24, 2.45) is 46.3 Å². The van der Waals surface area contributed by atoms with Gasteiger partial charge < -0.3 is 9.84 Å². The van der Waals surface area contributed by atoms with E-state index in [-0.39, 0.29) is 28.6 Å². The van der Waals surface area contributed by atoms with Gasteiger partial charge in [0.25, 0.3) is 0 Å². The van der Waals surface area contributed by atoms with Crippen LogP contribution >= 0.6 is 0 Å². The van der Waals surface area contributed by atoms with Gasteiger partial charge in [-0.15, -0.1) is 0 Å². The Morgan fingerprint density at radius 3 is 2.79 bits per heavy atom. The van der Waals surface area contributed by atoms with Crippen LogP contribution in [0.3, 0.4) is 0 Å². The molecular formula is C21H30O3. The van der Waals surface area contributed by atoms with Gasteiger partial charge in [-0.1, -0.05) is 20.8 Å². The lowest BCUT2D eigenvalue weighted by molar-refractivity contribution is -0.155. The molecule has 3 heteroatoms. The van der Waals surface area contributed by atoms with E-state index in [1.165, 1.54) is 12.8 Å². The Kier molecular flexibility index (Phi) is 2.43. The molecule has 1 heterocycles. The maximum atomic E-state index is 12.9. The van der Waals surface area contributed by atoms with Crippen LogP contribution in [0.1, 0.15) is 59.3 Å². The summed E-state index contributed by atoms with van der Waals surface area (Å²) in [5.74, 6) is 3.40. The Bertz CT molecular complexity index is 645. The fraction of sp³-hybridized carbons (Fsp3) is 0.952. The van der Waals surface area contributed by atoms with Crippen molar-refractivity contribution in [1.29, 1.82) is 0 Å². The third-order valence-electron chi connectivity index (χ3n) is 9.83. The van der Waals surface area contributed by atoms with Crippen LogP contribution in [0.15, 0.2) is 0 Å². The second kappa shape index (κ2) is 3.96. The van der Waals surface area contributed by atoms with Crippen molar-refractivity contribution in [1.82, 2.24) is 0 Å². The molecule has 6 aliphatic rings. The van der Waals surface area contributed by atoms with Crippen LogP contribution in [-0.4, -0.2) is 28.7 Å². The molecule has 24 heavy (non-hydrogen) atoms. The van der Waals surface area contributed by atoms with E-state index in [2.05, 4.69) is 20.8 Å². The van der Waals surface area contributed by atoms with E-state index in [0.29, 0.717) is 41.3 Å². The van der Waals surface area contributed by atoms with Crippen LogP contribution in [0, 0.1) is 46.3 Å². The van der Waals surface area contributed by atoms with Gasteiger partial charge in [-0.25, -0.2) is 0 Å². The van der Waals surface area contributed by atoms with E-state index in [1.54, 1.807) is 0 Å². The molecule has 1 saturated heterocycles. The molecule has 0 aromatic heterocycles. The summed E-state index contributed by atoms with van der Waals surface area (Å²) < 4.78 is 6.37. The average Bonchev–Trinajstić information content (AvgIpc) is 3.43. The molecule has 0 bridgehead atoms. The molecule has 5 saturated carbocycles. The summed E-state index contributed by atoms with van der Waals surface area (Å²) >= 11 is 0. The zero-order valence-corrected chi connectivity index (χ0v) is 15.1. The monoisotopic (exact) mass is 330 g/mol. The minimum atomic E-state index is -0.342. The SMILES string of the molecule is C[C@H]1CC[C@]2(C)C3CC[C@]4(C)C(=O)[C@H]5CC5C4[C@@H]3[C@@H](O)[C@H]3O[C@]32C1. The van der Waals surface area contributed by atoms with Crippen molar-refractivity contribution in [3.8, 4) is 0 Å². The summed E-state index contributed by atoms with van der Waals surface area (Å²) in [4.78, 5) is 12.9. The summed E-state index contributed by atoms with van der Waals surface area (Å²) in [7, 11) is 0. The van der Waals surface area contributed by atoms with Crippen molar-refractivity contribution in [2.75, 3.05) is 0 Å². The molecule has 6 fully saturated rings. The van der Waals surface area contributed by atoms with Crippen LogP contribution in [0.2, 0.25) is 0 Å². The lowest BCUT2D eigenvalue weighted by Crippen LogP contribution is -2.63. The van der Waals surface area contributed by atoms with E-state index in [4.69, 9.17) is 4.74 Å². The third kappa shape index (κ3) is 1.34. The van der Waals surface area contributed by atoms with Crippen molar-refractivity contribution in [3.05, 3.63) is 0 Å². The zero-order valence-electron chi connectivity index (χ0n) is 15.1. The first-order valence-electron chi connectivity index (χ1n) is 10.2. The van der Waals surface area contributed by atoms with Crippen LogP contribution < -0.4 is 0 Å². The second-order valence-corrected chi connectivity index (χ2v) is 10.7. The number of hydrogen-bond donors (Lipinski definition) is 1. The normalized spacial score (nSPS) is 69.1. The van der Waals surface area contributed by atoms with Crippen molar-refractivity contribution >= 4 is 5.78 Å². The highest BCUT2D eigenvalue weighted by molar-refractivity contribution is 5.92. The summed E-state index contributed by atoms with van der Waals surface area (Å²) in [5, 5.41) is 11.3. The Morgan fingerprint density at radius 2 is 2.00 bits per heavy atom. The molecule has 132 valence electrons. The van der Waals surface area contributed by atoms with E-state index in [1.807, 2.05) is 0 Å². The van der Waals surface area contributed by atoms with Gasteiger partial charge >= 0.3 is 0 Å². The summed E-state index contributed by atoms with van der Waals surface area (Å²) in [6.45, 7) is 7.02. The molecule has 0 radical (unpaired) electrons. The van der Waals surface area contributed by atoms with Gasteiger partial charge in [-0.05, 0) is 68.1 Å². The van der Waals surface area contributed by atoms with E-state index < -0.39 is 0 Å². The quantitative estimate of drug-likeness (QED) is 0.694. The van der Waals surface area contributed by atoms with Gasteiger partial charge in [0.15, 0.2) is 0 Å². The number of Topliss-reactive ketones (excluding diaryl/α,β-unsaturated/α-hetero) is 1. The lowest BCUT2D eigenvalue weighted by Gasteiger charge is -2.60. The first-order chi connectivity index (χ1) is 11.3. The summed E-state index contributed by atoms with van der Waals surface area (Å²) in [6.07, 6.45) is 6.61. The maximum Gasteiger partial charge on any atom is 0.142 e. The fourth-order valence-electron chi connectivity index (χ4n) is 8.54. The predicted molar refractivity (Wildman–Crippen MR) is 89.1 cm³/mol. The lowest BCUT2D eigenvalue weighted by atomic mass is 9.43. The fourth-order valence-corrected chi connectivity index (χ4v) is 8.54. The first kappa shape index (κ1) is 14.7. The first-order valence-corrected chi connectivity index (χ1v) is 10.2. The number of aliphatic hydroxyl groups is 1. The molecule has 1 aliphatic heterocycles. The zero-order chi connectivity index (χ0) is 16.6. The molecular weight excluding hydrogens is 300 g/mol. The van der Waals surface area contributed by atoms with Crippen LogP contribution in [-0.2, 0) is 9.53 Å². The predicted octanol–water partition coefficient (Wildman–Crippen LogP) is 3.19. The highest BCUT2D eigenvalue weighted by Crippen LogP contribution is 2.76. The van der Waals surface area contributed by atoms with Gasteiger partial charge in [-0.2, -0.15) is 0 Å². The van der Waals surface area contributed by atoms with Gasteiger partial charge in [0.2, 0.25) is 0 Å². The molecule has 5 aliphatic carbocycles. The van der Waals surface area contributed by atoms with Crippen molar-refractivity contribution in [3.63, 3.8) is 0 Å². The molecule has 3 nitrogen and oxygen atoms in total. The summed E-state index contributed by atoms with van der Waals surface area (Å²) in [6, 6.07) is 0. The van der Waals surface area contributed by atoms with Gasteiger partial charge in [-0.3, -0.25) is 4.79 Å². The topological polar surface area (TPSA) is 49.8 Å². The van der Waals surface area contributed by atoms with E-state index in [0.717, 1.165) is 25.7 Å². The molecule has 0 amide bonds. The largest absolute Gasteiger partial charge is 0.390 e.